The van der Waals surface area contributed by atoms with Gasteiger partial charge < -0.3 is 0 Å². The average molecular weight is 216 g/mol. The first-order chi connectivity index (χ1) is 7.61. The number of hydrogen-bond acceptors (Lipinski definition) is 3. The largest absolute Gasteiger partial charge is 0.217 e. The summed E-state index contributed by atoms with van der Waals surface area (Å²) < 4.78 is 14.5. The molecular formula is C11H9FN4. The average Bonchev–Trinajstić information content (AvgIpc) is 2.57. The van der Waals surface area contributed by atoms with Crippen molar-refractivity contribution in [1.29, 1.82) is 5.26 Å². The number of benzene rings is 1. The Kier molecular flexibility index (Phi) is 2.41. The van der Waals surface area contributed by atoms with Crippen LogP contribution in [0.2, 0.25) is 0 Å². The van der Waals surface area contributed by atoms with Crippen LogP contribution in [0.5, 0.6) is 0 Å². The first-order valence-electron chi connectivity index (χ1n) is 4.72. The Morgan fingerprint density at radius 1 is 1.38 bits per heavy atom. The van der Waals surface area contributed by atoms with Gasteiger partial charge in [0, 0.05) is 0 Å². The Labute approximate surface area is 92.0 Å². The van der Waals surface area contributed by atoms with Crippen molar-refractivity contribution in [2.24, 2.45) is 0 Å². The Balaban J connectivity index is 2.65. The number of rotatable bonds is 1. The van der Waals surface area contributed by atoms with Gasteiger partial charge in [0.1, 0.15) is 23.5 Å². The van der Waals surface area contributed by atoms with Gasteiger partial charge in [0.25, 0.3) is 0 Å². The molecule has 0 fully saturated rings. The van der Waals surface area contributed by atoms with Crippen LogP contribution in [0.15, 0.2) is 18.2 Å². The Bertz CT molecular complexity index is 580. The fourth-order valence-electron chi connectivity index (χ4n) is 1.53. The molecule has 0 N–H and O–H groups in total. The summed E-state index contributed by atoms with van der Waals surface area (Å²) in [5.74, 6) is 0.848. The molecular weight excluding hydrogens is 207 g/mol. The van der Waals surface area contributed by atoms with Crippen molar-refractivity contribution in [2.75, 3.05) is 0 Å². The third-order valence-corrected chi connectivity index (χ3v) is 2.18. The van der Waals surface area contributed by atoms with E-state index in [1.807, 2.05) is 6.07 Å². The second kappa shape index (κ2) is 3.74. The van der Waals surface area contributed by atoms with Crippen molar-refractivity contribution in [3.63, 3.8) is 0 Å². The molecule has 0 atom stereocenters. The Hall–Kier alpha value is -2.22. The molecule has 0 saturated carbocycles. The molecule has 1 aromatic carbocycles. The van der Waals surface area contributed by atoms with Crippen molar-refractivity contribution >= 4 is 0 Å². The van der Waals surface area contributed by atoms with E-state index in [4.69, 9.17) is 5.26 Å². The van der Waals surface area contributed by atoms with Gasteiger partial charge >= 0.3 is 0 Å². The molecule has 5 heteroatoms. The topological polar surface area (TPSA) is 54.5 Å². The van der Waals surface area contributed by atoms with Gasteiger partial charge in [-0.3, -0.25) is 0 Å². The molecule has 2 aromatic rings. The van der Waals surface area contributed by atoms with E-state index in [1.54, 1.807) is 13.8 Å². The standard InChI is InChI=1S/C11H9FN4/c1-7-14-8(2)16(15-7)11-4-3-10(12)5-9(11)6-13/h3-5H,1-2H3. The summed E-state index contributed by atoms with van der Waals surface area (Å²) in [4.78, 5) is 4.13. The third-order valence-electron chi connectivity index (χ3n) is 2.18. The van der Waals surface area contributed by atoms with E-state index < -0.39 is 5.82 Å². The van der Waals surface area contributed by atoms with Crippen LogP contribution in [0.3, 0.4) is 0 Å². The summed E-state index contributed by atoms with van der Waals surface area (Å²) in [6, 6.07) is 5.95. The minimum absolute atomic E-state index is 0.244. The van der Waals surface area contributed by atoms with Gasteiger partial charge in [0.15, 0.2) is 0 Å². The summed E-state index contributed by atoms with van der Waals surface area (Å²) in [5, 5.41) is 13.1. The van der Waals surface area contributed by atoms with Crippen LogP contribution in [0.1, 0.15) is 17.2 Å². The molecule has 0 unspecified atom stereocenters. The molecule has 2 rings (SSSR count). The number of nitriles is 1. The molecule has 4 nitrogen and oxygen atoms in total. The third kappa shape index (κ3) is 1.65. The molecule has 0 spiro atoms. The van der Waals surface area contributed by atoms with E-state index in [0.29, 0.717) is 17.3 Å². The van der Waals surface area contributed by atoms with E-state index in [-0.39, 0.29) is 5.56 Å². The summed E-state index contributed by atoms with van der Waals surface area (Å²) in [6.45, 7) is 3.55. The molecule has 80 valence electrons. The van der Waals surface area contributed by atoms with Gasteiger partial charge in [-0.1, -0.05) is 0 Å². The molecule has 0 aliphatic heterocycles. The maximum absolute atomic E-state index is 13.0. The number of nitrogens with zero attached hydrogens (tertiary/aromatic N) is 4. The van der Waals surface area contributed by atoms with Gasteiger partial charge in [0.2, 0.25) is 0 Å². The normalized spacial score (nSPS) is 10.1. The predicted octanol–water partition coefficient (Wildman–Crippen LogP) is 1.89. The zero-order chi connectivity index (χ0) is 11.7. The Morgan fingerprint density at radius 2 is 2.12 bits per heavy atom. The lowest BCUT2D eigenvalue weighted by molar-refractivity contribution is 0.626. The zero-order valence-corrected chi connectivity index (χ0v) is 8.90. The van der Waals surface area contributed by atoms with E-state index >= 15 is 0 Å². The van der Waals surface area contributed by atoms with Crippen LogP contribution in [0.25, 0.3) is 5.69 Å². The minimum Gasteiger partial charge on any atom is -0.217 e. The van der Waals surface area contributed by atoms with Gasteiger partial charge in [0.05, 0.1) is 11.3 Å². The van der Waals surface area contributed by atoms with Crippen molar-refractivity contribution in [2.45, 2.75) is 13.8 Å². The predicted molar refractivity (Wildman–Crippen MR) is 55.5 cm³/mol. The van der Waals surface area contributed by atoms with Crippen LogP contribution in [0, 0.1) is 31.0 Å². The van der Waals surface area contributed by atoms with Gasteiger partial charge in [-0.15, -0.1) is 0 Å². The molecule has 0 radical (unpaired) electrons. The molecule has 0 amide bonds. The first-order valence-corrected chi connectivity index (χ1v) is 4.72. The van der Waals surface area contributed by atoms with Crippen molar-refractivity contribution in [3.8, 4) is 11.8 Å². The molecule has 0 aliphatic carbocycles. The van der Waals surface area contributed by atoms with Gasteiger partial charge in [-0.25, -0.2) is 14.1 Å². The van der Waals surface area contributed by atoms with Crippen LogP contribution in [-0.4, -0.2) is 14.8 Å². The minimum atomic E-state index is -0.435. The monoisotopic (exact) mass is 216 g/mol. The second-order valence-corrected chi connectivity index (χ2v) is 3.39. The summed E-state index contributed by atoms with van der Waals surface area (Å²) in [5.41, 5.74) is 0.787. The van der Waals surface area contributed by atoms with Crippen LogP contribution in [-0.2, 0) is 0 Å². The second-order valence-electron chi connectivity index (χ2n) is 3.39. The maximum atomic E-state index is 13.0. The fourth-order valence-corrected chi connectivity index (χ4v) is 1.53. The molecule has 0 saturated heterocycles. The summed E-state index contributed by atoms with van der Waals surface area (Å²) in [6.07, 6.45) is 0. The van der Waals surface area contributed by atoms with E-state index in [2.05, 4.69) is 10.1 Å². The van der Waals surface area contributed by atoms with Crippen LogP contribution in [0.4, 0.5) is 4.39 Å². The molecule has 1 heterocycles. The van der Waals surface area contributed by atoms with E-state index in [1.165, 1.54) is 22.9 Å². The van der Waals surface area contributed by atoms with E-state index in [9.17, 15) is 4.39 Å². The highest BCUT2D eigenvalue weighted by molar-refractivity contribution is 5.48. The quantitative estimate of drug-likeness (QED) is 0.731. The zero-order valence-electron chi connectivity index (χ0n) is 8.90. The highest BCUT2D eigenvalue weighted by Gasteiger charge is 2.10. The number of aromatic nitrogens is 3. The van der Waals surface area contributed by atoms with Crippen molar-refractivity contribution in [1.82, 2.24) is 14.8 Å². The molecule has 16 heavy (non-hydrogen) atoms. The Morgan fingerprint density at radius 3 is 2.69 bits per heavy atom. The highest BCUT2D eigenvalue weighted by Crippen LogP contribution is 2.16. The van der Waals surface area contributed by atoms with Crippen LogP contribution < -0.4 is 0 Å². The highest BCUT2D eigenvalue weighted by atomic mass is 19.1. The SMILES string of the molecule is Cc1nc(C)n(-c2ccc(F)cc2C#N)n1. The lowest BCUT2D eigenvalue weighted by Crippen LogP contribution is -2.02. The van der Waals surface area contributed by atoms with E-state index in [0.717, 1.165) is 0 Å². The molecule has 0 aliphatic rings. The lowest BCUT2D eigenvalue weighted by atomic mass is 10.2. The maximum Gasteiger partial charge on any atom is 0.148 e. The summed E-state index contributed by atoms with van der Waals surface area (Å²) in [7, 11) is 0. The number of hydrogen-bond donors (Lipinski definition) is 0. The van der Waals surface area contributed by atoms with Gasteiger partial charge in [-0.2, -0.15) is 10.4 Å². The lowest BCUT2D eigenvalue weighted by Gasteiger charge is -2.04. The smallest absolute Gasteiger partial charge is 0.148 e. The van der Waals surface area contributed by atoms with Crippen molar-refractivity contribution < 1.29 is 4.39 Å². The van der Waals surface area contributed by atoms with Crippen LogP contribution >= 0.6 is 0 Å². The molecule has 0 bridgehead atoms. The van der Waals surface area contributed by atoms with Gasteiger partial charge in [-0.05, 0) is 32.0 Å². The summed E-state index contributed by atoms with van der Waals surface area (Å²) >= 11 is 0. The number of halogens is 1. The number of aryl methyl sites for hydroxylation is 2. The van der Waals surface area contributed by atoms with Crippen molar-refractivity contribution in [3.05, 3.63) is 41.2 Å². The fraction of sp³-hybridized carbons (Fsp3) is 0.182. The first kappa shape index (κ1) is 10.3. The molecule has 1 aromatic heterocycles.